The van der Waals surface area contributed by atoms with Gasteiger partial charge in [-0.3, -0.25) is 9.59 Å². The van der Waals surface area contributed by atoms with Gasteiger partial charge in [0.1, 0.15) is 0 Å². The highest BCUT2D eigenvalue weighted by Gasteiger charge is 2.53. The Balaban J connectivity index is 1.09. The van der Waals surface area contributed by atoms with Gasteiger partial charge in [-0.15, -0.1) is 0 Å². The summed E-state index contributed by atoms with van der Waals surface area (Å²) in [6.07, 6.45) is 5.24. The Morgan fingerprint density at radius 1 is 1.10 bits per heavy atom. The second-order valence-corrected chi connectivity index (χ2v) is 9.55. The standard InChI is InChI=1S/C22H29ClN4O3/c23-17-3-1-14(2-4-17)12-26-21(30)27-18-10-22(11-18)8-15(9-22)13-25-20(29)16-5-6-24-19(28)7-16/h1-4,15-16,18H,5-13H2,(H,24,28)(H,25,29)(H2,26,27,30). The molecule has 162 valence electrons. The average Bonchev–Trinajstić information content (AvgIpc) is 2.67. The molecular formula is C22H29ClN4O3. The van der Waals surface area contributed by atoms with E-state index < -0.39 is 0 Å². The Kier molecular flexibility index (Phi) is 6.18. The molecule has 2 saturated carbocycles. The number of amides is 4. The summed E-state index contributed by atoms with van der Waals surface area (Å²) in [6, 6.07) is 7.52. The highest BCUT2D eigenvalue weighted by atomic mass is 35.5. The van der Waals surface area contributed by atoms with E-state index in [1.807, 2.05) is 24.3 Å². The zero-order valence-electron chi connectivity index (χ0n) is 17.0. The van der Waals surface area contributed by atoms with Gasteiger partial charge in [-0.1, -0.05) is 23.7 Å². The van der Waals surface area contributed by atoms with Crippen molar-refractivity contribution in [3.63, 3.8) is 0 Å². The van der Waals surface area contributed by atoms with Crippen molar-refractivity contribution in [2.24, 2.45) is 17.3 Å². The van der Waals surface area contributed by atoms with Crippen LogP contribution < -0.4 is 21.3 Å². The third-order valence-corrected chi connectivity index (χ3v) is 6.94. The quantitative estimate of drug-likeness (QED) is 0.555. The van der Waals surface area contributed by atoms with Gasteiger partial charge in [-0.25, -0.2) is 4.79 Å². The number of rotatable bonds is 6. The van der Waals surface area contributed by atoms with Crippen LogP contribution in [0.15, 0.2) is 24.3 Å². The molecule has 0 aromatic heterocycles. The van der Waals surface area contributed by atoms with Gasteiger partial charge < -0.3 is 21.3 Å². The lowest BCUT2D eigenvalue weighted by atomic mass is 9.50. The minimum atomic E-state index is -0.184. The van der Waals surface area contributed by atoms with E-state index >= 15 is 0 Å². The van der Waals surface area contributed by atoms with Crippen LogP contribution >= 0.6 is 11.6 Å². The van der Waals surface area contributed by atoms with E-state index in [1.54, 1.807) is 0 Å². The number of hydrogen-bond donors (Lipinski definition) is 4. The predicted molar refractivity (Wildman–Crippen MR) is 114 cm³/mol. The van der Waals surface area contributed by atoms with Crippen molar-refractivity contribution in [1.82, 2.24) is 21.3 Å². The molecule has 8 heteroatoms. The molecule has 2 aliphatic carbocycles. The lowest BCUT2D eigenvalue weighted by Crippen LogP contribution is -2.58. The summed E-state index contributed by atoms with van der Waals surface area (Å²) in [5, 5.41) is 12.4. The lowest BCUT2D eigenvalue weighted by Gasteiger charge is -2.58. The maximum atomic E-state index is 12.2. The van der Waals surface area contributed by atoms with Crippen molar-refractivity contribution in [2.45, 2.75) is 51.1 Å². The second kappa shape index (κ2) is 8.84. The summed E-state index contributed by atoms with van der Waals surface area (Å²) in [5.74, 6) is 0.299. The molecule has 0 bridgehead atoms. The van der Waals surface area contributed by atoms with Crippen LogP contribution in [0.2, 0.25) is 5.02 Å². The number of benzene rings is 1. The summed E-state index contributed by atoms with van der Waals surface area (Å²) in [5.41, 5.74) is 1.35. The van der Waals surface area contributed by atoms with Crippen molar-refractivity contribution in [2.75, 3.05) is 13.1 Å². The van der Waals surface area contributed by atoms with Gasteiger partial charge in [0.05, 0.1) is 0 Å². The Morgan fingerprint density at radius 3 is 2.53 bits per heavy atom. The number of carbonyl (C=O) groups is 3. The van der Waals surface area contributed by atoms with Gasteiger partial charge in [0.15, 0.2) is 0 Å². The molecule has 3 fully saturated rings. The molecule has 7 nitrogen and oxygen atoms in total. The molecule has 4 amide bonds. The molecule has 4 rings (SSSR count). The van der Waals surface area contributed by atoms with Gasteiger partial charge in [-0.2, -0.15) is 0 Å². The highest BCUT2D eigenvalue weighted by molar-refractivity contribution is 6.30. The number of piperidine rings is 1. The van der Waals surface area contributed by atoms with Crippen LogP contribution in [-0.4, -0.2) is 37.0 Å². The normalized spacial score (nSPS) is 29.9. The maximum Gasteiger partial charge on any atom is 0.315 e. The molecule has 3 aliphatic rings. The Morgan fingerprint density at radius 2 is 1.83 bits per heavy atom. The van der Waals surface area contributed by atoms with Gasteiger partial charge in [0.2, 0.25) is 11.8 Å². The van der Waals surface area contributed by atoms with Crippen LogP contribution in [0.1, 0.15) is 44.1 Å². The number of urea groups is 1. The molecule has 1 unspecified atom stereocenters. The van der Waals surface area contributed by atoms with Crippen molar-refractivity contribution >= 4 is 29.4 Å². The van der Waals surface area contributed by atoms with E-state index in [1.165, 1.54) is 0 Å². The van der Waals surface area contributed by atoms with Crippen molar-refractivity contribution in [3.8, 4) is 0 Å². The summed E-state index contributed by atoms with van der Waals surface area (Å²) in [6.45, 7) is 1.76. The molecule has 1 aromatic rings. The van der Waals surface area contributed by atoms with Gasteiger partial charge in [0.25, 0.3) is 0 Å². The number of halogens is 1. The molecule has 1 aromatic carbocycles. The predicted octanol–water partition coefficient (Wildman–Crippen LogP) is 2.34. The maximum absolute atomic E-state index is 12.2. The molecular weight excluding hydrogens is 404 g/mol. The molecule has 1 atom stereocenters. The molecule has 4 N–H and O–H groups in total. The molecule has 1 spiro atoms. The van der Waals surface area contributed by atoms with Crippen LogP contribution in [-0.2, 0) is 16.1 Å². The molecule has 1 aliphatic heterocycles. The van der Waals surface area contributed by atoms with Crippen LogP contribution in [0, 0.1) is 17.3 Å². The van der Waals surface area contributed by atoms with Crippen molar-refractivity contribution in [3.05, 3.63) is 34.9 Å². The number of nitrogens with one attached hydrogen (secondary N) is 4. The summed E-state index contributed by atoms with van der Waals surface area (Å²) in [4.78, 5) is 35.7. The second-order valence-electron chi connectivity index (χ2n) is 9.12. The van der Waals surface area contributed by atoms with Crippen molar-refractivity contribution < 1.29 is 14.4 Å². The molecule has 1 saturated heterocycles. The van der Waals surface area contributed by atoms with Gasteiger partial charge in [0, 0.05) is 43.0 Å². The van der Waals surface area contributed by atoms with Gasteiger partial charge >= 0.3 is 6.03 Å². The minimum Gasteiger partial charge on any atom is -0.356 e. The number of carbonyl (C=O) groups excluding carboxylic acids is 3. The van der Waals surface area contributed by atoms with Crippen LogP contribution in [0.5, 0.6) is 0 Å². The fourth-order valence-electron chi connectivity index (χ4n) is 5.15. The smallest absolute Gasteiger partial charge is 0.315 e. The van der Waals surface area contributed by atoms with Crippen LogP contribution in [0.25, 0.3) is 0 Å². The topological polar surface area (TPSA) is 99.3 Å². The van der Waals surface area contributed by atoms with Crippen LogP contribution in [0.4, 0.5) is 4.79 Å². The summed E-state index contributed by atoms with van der Waals surface area (Å²) in [7, 11) is 0. The molecule has 0 radical (unpaired) electrons. The van der Waals surface area contributed by atoms with Crippen molar-refractivity contribution in [1.29, 1.82) is 0 Å². The highest BCUT2D eigenvalue weighted by Crippen LogP contribution is 2.58. The van der Waals surface area contributed by atoms with Crippen LogP contribution in [0.3, 0.4) is 0 Å². The Labute approximate surface area is 181 Å². The van der Waals surface area contributed by atoms with E-state index in [0.717, 1.165) is 37.7 Å². The monoisotopic (exact) mass is 432 g/mol. The average molecular weight is 433 g/mol. The summed E-state index contributed by atoms with van der Waals surface area (Å²) >= 11 is 5.87. The molecule has 1 heterocycles. The molecule has 30 heavy (non-hydrogen) atoms. The zero-order chi connectivity index (χ0) is 21.1. The number of hydrogen-bond acceptors (Lipinski definition) is 3. The van der Waals surface area contributed by atoms with E-state index in [2.05, 4.69) is 21.3 Å². The van der Waals surface area contributed by atoms with E-state index in [9.17, 15) is 14.4 Å². The first-order chi connectivity index (χ1) is 14.4. The zero-order valence-corrected chi connectivity index (χ0v) is 17.8. The van der Waals surface area contributed by atoms with E-state index in [4.69, 9.17) is 11.6 Å². The first-order valence-electron chi connectivity index (χ1n) is 10.7. The third kappa shape index (κ3) is 5.06. The fraction of sp³-hybridized carbons (Fsp3) is 0.591. The van der Waals surface area contributed by atoms with Gasteiger partial charge in [-0.05, 0) is 61.1 Å². The Hall–Kier alpha value is -2.28. The van der Waals surface area contributed by atoms with E-state index in [-0.39, 0.29) is 29.8 Å². The lowest BCUT2D eigenvalue weighted by molar-refractivity contribution is -0.133. The summed E-state index contributed by atoms with van der Waals surface area (Å²) < 4.78 is 0. The third-order valence-electron chi connectivity index (χ3n) is 6.69. The first kappa shape index (κ1) is 21.0. The fourth-order valence-corrected chi connectivity index (χ4v) is 5.27. The minimum absolute atomic E-state index is 0.0105. The SMILES string of the molecule is O=C1CC(C(=O)NCC2CC3(C2)CC(NC(=O)NCc2ccc(Cl)cc2)C3)CCN1. The van der Waals surface area contributed by atoms with E-state index in [0.29, 0.717) is 42.4 Å². The largest absolute Gasteiger partial charge is 0.356 e. The Bertz CT molecular complexity index is 799. The first-order valence-corrected chi connectivity index (χ1v) is 11.1.